The molecule has 0 amide bonds. The fourth-order valence-electron chi connectivity index (χ4n) is 1.62. The third kappa shape index (κ3) is 6.26. The summed E-state index contributed by atoms with van der Waals surface area (Å²) >= 11 is 3.39. The standard InChI is InChI=1S/C13H8Br.C5H7.Fe/c14-13-9-7-12(8-10-13)6-5-11-3-1-2-4-11;1-2-4-5-3-1;/h1-4,7-10H;1-3H,4-5H2;/q2*-1;+2. The van der Waals surface area contributed by atoms with Gasteiger partial charge in [-0.05, 0) is 24.3 Å². The Morgan fingerprint density at radius 3 is 2.35 bits per heavy atom. The van der Waals surface area contributed by atoms with Gasteiger partial charge in [-0.2, -0.15) is 24.1 Å². The first-order chi connectivity index (χ1) is 9.34. The molecule has 3 rings (SSSR count). The summed E-state index contributed by atoms with van der Waals surface area (Å²) in [7, 11) is 0. The molecule has 0 atom stereocenters. The summed E-state index contributed by atoms with van der Waals surface area (Å²) in [5.74, 6) is 6.20. The Bertz CT molecular complexity index is 562. The second-order valence-corrected chi connectivity index (χ2v) is 5.09. The van der Waals surface area contributed by atoms with Crippen LogP contribution in [0.1, 0.15) is 24.0 Å². The Morgan fingerprint density at radius 2 is 1.85 bits per heavy atom. The van der Waals surface area contributed by atoms with Gasteiger partial charge in [-0.1, -0.05) is 15.9 Å². The van der Waals surface area contributed by atoms with Crippen molar-refractivity contribution in [2.24, 2.45) is 0 Å². The number of allylic oxidation sites excluding steroid dienone is 2. The first kappa shape index (κ1) is 16.8. The molecule has 0 radical (unpaired) electrons. The van der Waals surface area contributed by atoms with E-state index in [0.29, 0.717) is 0 Å². The number of halogens is 1. The van der Waals surface area contributed by atoms with E-state index in [-0.39, 0.29) is 17.1 Å². The van der Waals surface area contributed by atoms with Crippen LogP contribution in [0.2, 0.25) is 0 Å². The molecule has 2 aromatic rings. The summed E-state index contributed by atoms with van der Waals surface area (Å²) in [6.45, 7) is 0. The average molecular weight is 367 g/mol. The number of hydrogen-bond donors (Lipinski definition) is 0. The molecule has 0 heterocycles. The molecule has 102 valence electrons. The number of rotatable bonds is 0. The van der Waals surface area contributed by atoms with Crippen LogP contribution in [0.4, 0.5) is 0 Å². The van der Waals surface area contributed by atoms with Crippen LogP contribution < -0.4 is 0 Å². The molecule has 0 N–H and O–H groups in total. The van der Waals surface area contributed by atoms with E-state index < -0.39 is 0 Å². The van der Waals surface area contributed by atoms with Crippen LogP contribution in [0.5, 0.6) is 0 Å². The van der Waals surface area contributed by atoms with Crippen molar-refractivity contribution in [3.05, 3.63) is 82.7 Å². The van der Waals surface area contributed by atoms with Gasteiger partial charge in [0.1, 0.15) is 0 Å². The number of benzene rings is 1. The Kier molecular flexibility index (Phi) is 8.07. The summed E-state index contributed by atoms with van der Waals surface area (Å²) in [5, 5.41) is 0. The molecule has 0 fully saturated rings. The summed E-state index contributed by atoms with van der Waals surface area (Å²) < 4.78 is 1.08. The van der Waals surface area contributed by atoms with E-state index in [1.54, 1.807) is 0 Å². The summed E-state index contributed by atoms with van der Waals surface area (Å²) in [5.41, 5.74) is 2.10. The van der Waals surface area contributed by atoms with Crippen LogP contribution in [0.3, 0.4) is 0 Å². The Morgan fingerprint density at radius 1 is 1.05 bits per heavy atom. The van der Waals surface area contributed by atoms with Gasteiger partial charge in [0.2, 0.25) is 0 Å². The molecule has 2 heteroatoms. The van der Waals surface area contributed by atoms with E-state index in [0.717, 1.165) is 15.6 Å². The van der Waals surface area contributed by atoms with Crippen molar-refractivity contribution < 1.29 is 17.1 Å². The molecule has 0 aromatic heterocycles. The van der Waals surface area contributed by atoms with Crippen LogP contribution in [-0.4, -0.2) is 0 Å². The predicted octanol–water partition coefficient (Wildman–Crippen LogP) is 5.11. The fraction of sp³-hybridized carbons (Fsp3) is 0.111. The molecular formula is C18H15BrFe. The van der Waals surface area contributed by atoms with Gasteiger partial charge in [0.25, 0.3) is 0 Å². The summed E-state index contributed by atoms with van der Waals surface area (Å²) in [4.78, 5) is 0. The molecular weight excluding hydrogens is 352 g/mol. The van der Waals surface area contributed by atoms with Gasteiger partial charge in [-0.25, -0.2) is 18.6 Å². The van der Waals surface area contributed by atoms with Crippen molar-refractivity contribution in [1.29, 1.82) is 0 Å². The average Bonchev–Trinajstić information content (AvgIpc) is 3.14. The van der Waals surface area contributed by atoms with E-state index in [4.69, 9.17) is 0 Å². The van der Waals surface area contributed by atoms with Crippen LogP contribution in [-0.2, 0) is 17.1 Å². The SMILES string of the molecule is Brc1ccc(C#Cc2ccc[cH-]2)cc1.C1=CCC[CH-]1.[Fe+2]. The minimum atomic E-state index is 0. The van der Waals surface area contributed by atoms with Crippen molar-refractivity contribution >= 4 is 15.9 Å². The molecule has 0 spiro atoms. The normalized spacial score (nSPS) is 11.2. The molecule has 0 saturated carbocycles. The monoisotopic (exact) mass is 366 g/mol. The Labute approximate surface area is 140 Å². The minimum absolute atomic E-state index is 0. The third-order valence-electron chi connectivity index (χ3n) is 2.63. The first-order valence-corrected chi connectivity index (χ1v) is 7.11. The van der Waals surface area contributed by atoms with Crippen molar-refractivity contribution in [2.45, 2.75) is 12.8 Å². The van der Waals surface area contributed by atoms with E-state index in [9.17, 15) is 0 Å². The maximum absolute atomic E-state index is 3.39. The Balaban J connectivity index is 0.000000283. The maximum atomic E-state index is 3.39. The van der Waals surface area contributed by atoms with E-state index in [1.807, 2.05) is 48.5 Å². The van der Waals surface area contributed by atoms with Crippen molar-refractivity contribution in [3.63, 3.8) is 0 Å². The molecule has 20 heavy (non-hydrogen) atoms. The van der Waals surface area contributed by atoms with Crippen LogP contribution in [0.25, 0.3) is 0 Å². The maximum Gasteiger partial charge on any atom is 2.00 e. The van der Waals surface area contributed by atoms with E-state index in [1.165, 1.54) is 12.8 Å². The predicted molar refractivity (Wildman–Crippen MR) is 84.8 cm³/mol. The van der Waals surface area contributed by atoms with Crippen molar-refractivity contribution in [3.8, 4) is 11.8 Å². The quantitative estimate of drug-likeness (QED) is 0.345. The van der Waals surface area contributed by atoms with Crippen LogP contribution >= 0.6 is 15.9 Å². The molecule has 1 aliphatic rings. The second kappa shape index (κ2) is 9.61. The number of hydrogen-bond acceptors (Lipinski definition) is 0. The van der Waals surface area contributed by atoms with Gasteiger partial charge < -0.3 is 0 Å². The van der Waals surface area contributed by atoms with Gasteiger partial charge in [-0.3, -0.25) is 0 Å². The van der Waals surface area contributed by atoms with Gasteiger partial charge in [0.15, 0.2) is 0 Å². The molecule has 0 aliphatic heterocycles. The first-order valence-electron chi connectivity index (χ1n) is 6.32. The summed E-state index contributed by atoms with van der Waals surface area (Å²) in [6, 6.07) is 16.0. The van der Waals surface area contributed by atoms with Gasteiger partial charge in [0, 0.05) is 10.0 Å². The van der Waals surface area contributed by atoms with Crippen molar-refractivity contribution in [1.82, 2.24) is 0 Å². The molecule has 0 unspecified atom stereocenters. The van der Waals surface area contributed by atoms with Crippen LogP contribution in [0.15, 0.2) is 65.2 Å². The summed E-state index contributed by atoms with van der Waals surface area (Å²) in [6.07, 6.45) is 9.00. The van der Waals surface area contributed by atoms with Gasteiger partial charge >= 0.3 is 17.1 Å². The van der Waals surface area contributed by atoms with E-state index >= 15 is 0 Å². The van der Waals surface area contributed by atoms with Gasteiger partial charge in [0.05, 0.1) is 0 Å². The van der Waals surface area contributed by atoms with Crippen molar-refractivity contribution in [2.75, 3.05) is 0 Å². The molecule has 1 aliphatic carbocycles. The molecule has 0 bridgehead atoms. The zero-order valence-electron chi connectivity index (χ0n) is 11.0. The van der Waals surface area contributed by atoms with Crippen LogP contribution in [0, 0.1) is 18.3 Å². The molecule has 0 nitrogen and oxygen atoms in total. The fourth-order valence-corrected chi connectivity index (χ4v) is 1.88. The molecule has 0 saturated heterocycles. The smallest absolute Gasteiger partial charge is 0.232 e. The second-order valence-electron chi connectivity index (χ2n) is 4.17. The topological polar surface area (TPSA) is 0 Å². The zero-order valence-corrected chi connectivity index (χ0v) is 13.7. The van der Waals surface area contributed by atoms with E-state index in [2.05, 4.69) is 46.3 Å². The molecule has 2 aromatic carbocycles. The largest absolute Gasteiger partial charge is 2.00 e. The third-order valence-corrected chi connectivity index (χ3v) is 3.16. The Hall–Kier alpha value is -1.26. The zero-order chi connectivity index (χ0) is 13.3. The minimum Gasteiger partial charge on any atom is -0.232 e. The van der Waals surface area contributed by atoms with Gasteiger partial charge in [-0.15, -0.1) is 30.4 Å².